The highest BCUT2D eigenvalue weighted by molar-refractivity contribution is 6.41. The van der Waals surface area contributed by atoms with Crippen molar-refractivity contribution in [3.63, 3.8) is 0 Å². The first-order valence-electron chi connectivity index (χ1n) is 11.7. The molecule has 0 heterocycles. The molecule has 4 heteroatoms. The highest BCUT2D eigenvalue weighted by Crippen LogP contribution is 2.63. The molecule has 4 nitrogen and oxygen atoms in total. The van der Waals surface area contributed by atoms with Crippen molar-refractivity contribution in [3.8, 4) is 0 Å². The topological polar surface area (TPSA) is 71.4 Å². The van der Waals surface area contributed by atoms with Crippen molar-refractivity contribution in [2.45, 2.75) is 67.7 Å². The second-order valence-electron chi connectivity index (χ2n) is 10.9. The van der Waals surface area contributed by atoms with E-state index >= 15 is 0 Å². The molecule has 0 radical (unpaired) electrons. The van der Waals surface area contributed by atoms with Gasteiger partial charge in [0.05, 0.1) is 10.8 Å². The molecule has 0 saturated heterocycles. The van der Waals surface area contributed by atoms with Gasteiger partial charge in [-0.05, 0) is 65.2 Å². The Morgan fingerprint density at radius 3 is 2.06 bits per heavy atom. The van der Waals surface area contributed by atoms with Gasteiger partial charge in [-0.25, -0.2) is 0 Å². The van der Waals surface area contributed by atoms with E-state index in [-0.39, 0.29) is 29.5 Å². The largest absolute Gasteiger partial charge is 0.506 e. The number of fused-ring (bicyclic) bond motifs is 2. The van der Waals surface area contributed by atoms with Gasteiger partial charge in [0.25, 0.3) is 0 Å². The van der Waals surface area contributed by atoms with Crippen LogP contribution < -0.4 is 0 Å². The van der Waals surface area contributed by atoms with Gasteiger partial charge in [-0.15, -0.1) is 0 Å². The maximum absolute atomic E-state index is 14.1. The van der Waals surface area contributed by atoms with Crippen LogP contribution in [0.25, 0.3) is 5.76 Å². The molecule has 2 saturated carbocycles. The van der Waals surface area contributed by atoms with E-state index in [4.69, 9.17) is 0 Å². The smallest absolute Gasteiger partial charge is 0.184 e. The Morgan fingerprint density at radius 2 is 1.52 bits per heavy atom. The SMILES string of the molecule is CC(C)=CCC1CC2(CC=C(C)C)C(=O)C(=C(O)c3ccccc3)C(=O)C(C)(C2=O)C1(C)C. The van der Waals surface area contributed by atoms with Gasteiger partial charge in [0.1, 0.15) is 11.3 Å². The Hall–Kier alpha value is -2.75. The van der Waals surface area contributed by atoms with E-state index in [0.29, 0.717) is 18.4 Å². The Kier molecular flexibility index (Phi) is 6.45. The average Bonchev–Trinajstić information content (AvgIpc) is 2.76. The second kappa shape index (κ2) is 8.55. The minimum Gasteiger partial charge on any atom is -0.506 e. The van der Waals surface area contributed by atoms with Gasteiger partial charge >= 0.3 is 0 Å². The summed E-state index contributed by atoms with van der Waals surface area (Å²) in [5.74, 6) is -1.76. The quantitative estimate of drug-likeness (QED) is 0.185. The summed E-state index contributed by atoms with van der Waals surface area (Å²) in [5, 5.41) is 11.1. The molecule has 3 unspecified atom stereocenters. The number of aliphatic hydroxyl groups is 1. The van der Waals surface area contributed by atoms with Crippen LogP contribution in [0.3, 0.4) is 0 Å². The van der Waals surface area contributed by atoms with Gasteiger partial charge in [0.15, 0.2) is 17.3 Å². The van der Waals surface area contributed by atoms with E-state index in [9.17, 15) is 19.5 Å². The van der Waals surface area contributed by atoms with E-state index in [1.165, 1.54) is 0 Å². The van der Waals surface area contributed by atoms with Crippen LogP contribution in [0, 0.1) is 22.2 Å². The van der Waals surface area contributed by atoms with Crippen LogP contribution >= 0.6 is 0 Å². The molecule has 2 aliphatic carbocycles. The molecule has 33 heavy (non-hydrogen) atoms. The Bertz CT molecular complexity index is 1080. The van der Waals surface area contributed by atoms with Crippen LogP contribution in [-0.4, -0.2) is 22.5 Å². The van der Waals surface area contributed by atoms with Crippen LogP contribution in [-0.2, 0) is 14.4 Å². The van der Waals surface area contributed by atoms with Crippen molar-refractivity contribution in [2.75, 3.05) is 0 Å². The summed E-state index contributed by atoms with van der Waals surface area (Å²) in [6, 6.07) is 8.64. The number of carbonyl (C=O) groups is 3. The van der Waals surface area contributed by atoms with E-state index in [2.05, 4.69) is 6.08 Å². The Labute approximate surface area is 197 Å². The summed E-state index contributed by atoms with van der Waals surface area (Å²) in [6.45, 7) is 13.5. The van der Waals surface area contributed by atoms with Crippen LogP contribution in [0.5, 0.6) is 0 Å². The molecular formula is C29H36O4. The van der Waals surface area contributed by atoms with Crippen molar-refractivity contribution in [2.24, 2.45) is 22.2 Å². The fourth-order valence-electron chi connectivity index (χ4n) is 5.49. The zero-order chi connectivity index (χ0) is 24.8. The normalized spacial score (nSPS) is 30.0. The lowest BCUT2D eigenvalue weighted by Gasteiger charge is -2.59. The second-order valence-corrected chi connectivity index (χ2v) is 10.9. The molecule has 0 aromatic heterocycles. The van der Waals surface area contributed by atoms with Gasteiger partial charge in [-0.2, -0.15) is 0 Å². The van der Waals surface area contributed by atoms with Crippen LogP contribution in [0.2, 0.25) is 0 Å². The third kappa shape index (κ3) is 3.74. The van der Waals surface area contributed by atoms with Gasteiger partial charge in [0, 0.05) is 5.56 Å². The molecule has 3 atom stereocenters. The molecule has 0 aliphatic heterocycles. The minimum absolute atomic E-state index is 0.0334. The van der Waals surface area contributed by atoms with Crippen LogP contribution in [0.1, 0.15) is 73.3 Å². The standard InChI is InChI=1S/C29H36O4/c1-18(2)13-14-21-17-29(16-15-19(3)4)25(32)22(23(30)20-11-9-8-10-12-20)24(31)28(7,26(29)33)27(21,5)6/h8-13,15,21,30H,14,16-17H2,1-7H3. The Morgan fingerprint density at radius 1 is 0.939 bits per heavy atom. The first kappa shape index (κ1) is 24.9. The van der Waals surface area contributed by atoms with Gasteiger partial charge in [-0.3, -0.25) is 14.4 Å². The lowest BCUT2D eigenvalue weighted by atomic mass is 9.40. The molecule has 0 spiro atoms. The van der Waals surface area contributed by atoms with Gasteiger partial charge in [0.2, 0.25) is 0 Å². The predicted octanol–water partition coefficient (Wildman–Crippen LogP) is 6.43. The van der Waals surface area contributed by atoms with Crippen molar-refractivity contribution >= 4 is 23.1 Å². The summed E-state index contributed by atoms with van der Waals surface area (Å²) in [5.41, 5.74) is -1.10. The molecule has 3 rings (SSSR count). The van der Waals surface area contributed by atoms with E-state index < -0.39 is 27.8 Å². The summed E-state index contributed by atoms with van der Waals surface area (Å²) >= 11 is 0. The highest BCUT2D eigenvalue weighted by Gasteiger charge is 2.72. The maximum Gasteiger partial charge on any atom is 0.184 e. The first-order chi connectivity index (χ1) is 15.3. The van der Waals surface area contributed by atoms with Crippen LogP contribution in [0.4, 0.5) is 0 Å². The maximum atomic E-state index is 14.1. The highest BCUT2D eigenvalue weighted by atomic mass is 16.3. The van der Waals surface area contributed by atoms with Gasteiger partial charge < -0.3 is 5.11 Å². The number of ketones is 3. The zero-order valence-electron chi connectivity index (χ0n) is 20.9. The Balaban J connectivity index is 2.32. The molecule has 0 amide bonds. The molecule has 2 aliphatic rings. The van der Waals surface area contributed by atoms with E-state index in [1.807, 2.05) is 47.6 Å². The number of benzene rings is 1. The molecule has 2 bridgehead atoms. The number of aliphatic hydroxyl groups excluding tert-OH is 1. The number of allylic oxidation sites excluding steroid dienone is 5. The van der Waals surface area contributed by atoms with Crippen molar-refractivity contribution in [1.82, 2.24) is 0 Å². The average molecular weight is 449 g/mol. The lowest BCUT2D eigenvalue weighted by Crippen LogP contribution is -2.68. The number of hydrogen-bond donors (Lipinski definition) is 1. The monoisotopic (exact) mass is 448 g/mol. The summed E-state index contributed by atoms with van der Waals surface area (Å²) in [6.07, 6.45) is 5.34. The first-order valence-corrected chi connectivity index (χ1v) is 11.7. The summed E-state index contributed by atoms with van der Waals surface area (Å²) in [4.78, 5) is 42.1. The van der Waals surface area contributed by atoms with Gasteiger partial charge in [-0.1, -0.05) is 67.5 Å². The van der Waals surface area contributed by atoms with Crippen LogP contribution in [0.15, 0.2) is 59.2 Å². The third-order valence-electron chi connectivity index (χ3n) is 8.09. The van der Waals surface area contributed by atoms with E-state index in [0.717, 1.165) is 11.1 Å². The molecule has 176 valence electrons. The lowest BCUT2D eigenvalue weighted by molar-refractivity contribution is -0.174. The molecule has 2 fully saturated rings. The molecular weight excluding hydrogens is 412 g/mol. The minimum atomic E-state index is -1.41. The summed E-state index contributed by atoms with van der Waals surface area (Å²) < 4.78 is 0. The molecule has 1 N–H and O–H groups in total. The number of hydrogen-bond acceptors (Lipinski definition) is 4. The number of rotatable bonds is 5. The van der Waals surface area contributed by atoms with Crippen molar-refractivity contribution < 1.29 is 19.5 Å². The molecule has 1 aromatic carbocycles. The fourth-order valence-corrected chi connectivity index (χ4v) is 5.49. The third-order valence-corrected chi connectivity index (χ3v) is 8.09. The van der Waals surface area contributed by atoms with E-state index in [1.54, 1.807) is 37.3 Å². The number of Topliss-reactive ketones (excluding diaryl/α,β-unsaturated/α-hetero) is 3. The summed E-state index contributed by atoms with van der Waals surface area (Å²) in [7, 11) is 0. The van der Waals surface area contributed by atoms with Crippen molar-refractivity contribution in [1.29, 1.82) is 0 Å². The predicted molar refractivity (Wildman–Crippen MR) is 132 cm³/mol. The number of carbonyl (C=O) groups excluding carboxylic acids is 3. The van der Waals surface area contributed by atoms with Crippen molar-refractivity contribution in [3.05, 3.63) is 64.8 Å². The zero-order valence-corrected chi connectivity index (χ0v) is 20.9. The molecule has 1 aromatic rings. The fraction of sp³-hybridized carbons (Fsp3) is 0.483.